The summed E-state index contributed by atoms with van der Waals surface area (Å²) in [6, 6.07) is 21.7. The van der Waals surface area contributed by atoms with Crippen molar-refractivity contribution in [2.24, 2.45) is 0 Å². The molecule has 3 fully saturated rings. The molecular weight excluding hydrogens is 812 g/mol. The lowest BCUT2D eigenvalue weighted by Gasteiger charge is -2.18. The van der Waals surface area contributed by atoms with Gasteiger partial charge in [0, 0.05) is 31.8 Å². The highest BCUT2D eigenvalue weighted by Crippen LogP contribution is 2.50. The van der Waals surface area contributed by atoms with E-state index in [4.69, 9.17) is 38.3 Å². The number of carbonyl (C=O) groups excluding carboxylic acids is 1. The van der Waals surface area contributed by atoms with Crippen LogP contribution in [0.3, 0.4) is 0 Å². The van der Waals surface area contributed by atoms with Gasteiger partial charge in [-0.2, -0.15) is 0 Å². The Bertz CT molecular complexity index is 1880. The number of ketones is 1. The predicted octanol–water partition coefficient (Wildman–Crippen LogP) is 8.92. The second-order valence-corrected chi connectivity index (χ2v) is 15.0. The molecular formula is C45H57BrO12. The Hall–Kier alpha value is -4.27. The lowest BCUT2D eigenvalue weighted by Crippen LogP contribution is -2.25. The number of carboxylic acids is 2. The molecule has 4 aromatic rings. The highest BCUT2D eigenvalue weighted by Gasteiger charge is 2.52. The molecule has 0 atom stereocenters. The third kappa shape index (κ3) is 12.1. The number of aliphatic carboxylic acids is 2. The first kappa shape index (κ1) is 46.4. The minimum absolute atomic E-state index is 0.0694. The van der Waals surface area contributed by atoms with Gasteiger partial charge in [0.25, 0.3) is 0 Å². The van der Waals surface area contributed by atoms with E-state index in [1.807, 2.05) is 76.2 Å². The van der Waals surface area contributed by atoms with Gasteiger partial charge < -0.3 is 43.4 Å². The first-order chi connectivity index (χ1) is 27.8. The van der Waals surface area contributed by atoms with Gasteiger partial charge in [-0.05, 0) is 132 Å². The van der Waals surface area contributed by atoms with Crippen LogP contribution < -0.4 is 4.74 Å². The predicted molar refractivity (Wildman–Crippen MR) is 223 cm³/mol. The topological polar surface area (TPSA) is 171 Å². The maximum absolute atomic E-state index is 11.4. The largest absolute Gasteiger partial charge is 0.508 e. The van der Waals surface area contributed by atoms with Crippen molar-refractivity contribution in [2.45, 2.75) is 102 Å². The number of phenols is 1. The summed E-state index contributed by atoms with van der Waals surface area (Å²) in [5.41, 5.74) is 2.08. The molecule has 1 aromatic heterocycles. The molecule has 0 saturated heterocycles. The molecule has 0 radical (unpaired) electrons. The first-order valence-electron chi connectivity index (χ1n) is 19.8. The lowest BCUT2D eigenvalue weighted by molar-refractivity contribution is -0.152. The lowest BCUT2D eigenvalue weighted by atomic mass is 9.92. The van der Waals surface area contributed by atoms with Crippen LogP contribution in [0.4, 0.5) is 0 Å². The van der Waals surface area contributed by atoms with Gasteiger partial charge in [0.05, 0.1) is 27.8 Å². The van der Waals surface area contributed by atoms with Gasteiger partial charge in [-0.1, -0.05) is 46.3 Å². The van der Waals surface area contributed by atoms with Gasteiger partial charge in [0.1, 0.15) is 29.5 Å². The van der Waals surface area contributed by atoms with E-state index in [0.717, 1.165) is 58.7 Å². The van der Waals surface area contributed by atoms with Crippen LogP contribution in [0.2, 0.25) is 0 Å². The number of benzene rings is 3. The van der Waals surface area contributed by atoms with E-state index in [-0.39, 0.29) is 29.5 Å². The summed E-state index contributed by atoms with van der Waals surface area (Å²) in [4.78, 5) is 33.7. The molecule has 316 valence electrons. The fourth-order valence-corrected chi connectivity index (χ4v) is 6.95. The minimum Gasteiger partial charge on any atom is -0.508 e. The molecule has 0 spiro atoms. The molecule has 12 nitrogen and oxygen atoms in total. The third-order valence-corrected chi connectivity index (χ3v) is 11.0. The Morgan fingerprint density at radius 2 is 1.10 bits per heavy atom. The molecule has 13 heteroatoms. The monoisotopic (exact) mass is 868 g/mol. The van der Waals surface area contributed by atoms with Crippen molar-refractivity contribution in [3.63, 3.8) is 0 Å². The van der Waals surface area contributed by atoms with Gasteiger partial charge in [-0.15, -0.1) is 0 Å². The van der Waals surface area contributed by atoms with Crippen LogP contribution in [0.15, 0.2) is 83.5 Å². The number of ether oxygens (including phenoxy) is 5. The van der Waals surface area contributed by atoms with Crippen LogP contribution in [0.5, 0.6) is 11.5 Å². The molecule has 58 heavy (non-hydrogen) atoms. The number of aromatic hydroxyl groups is 1. The second-order valence-electron chi connectivity index (χ2n) is 14.3. The van der Waals surface area contributed by atoms with Crippen LogP contribution in [0, 0.1) is 0 Å². The van der Waals surface area contributed by atoms with Crippen molar-refractivity contribution in [1.82, 2.24) is 0 Å². The number of Topliss-reactive ketones (excluding diaryl/α,β-unsaturated/α-hetero) is 1. The Morgan fingerprint density at radius 1 is 0.655 bits per heavy atom. The Labute approximate surface area is 348 Å². The summed E-state index contributed by atoms with van der Waals surface area (Å²) in [5.74, 6) is -0.292. The van der Waals surface area contributed by atoms with Crippen molar-refractivity contribution in [1.29, 1.82) is 0 Å². The van der Waals surface area contributed by atoms with E-state index in [0.29, 0.717) is 51.6 Å². The second kappa shape index (κ2) is 21.7. The molecule has 3 aliphatic rings. The van der Waals surface area contributed by atoms with E-state index in [2.05, 4.69) is 15.9 Å². The smallest absolute Gasteiger partial charge is 0.314 e. The van der Waals surface area contributed by atoms with Gasteiger partial charge in [-0.3, -0.25) is 14.4 Å². The summed E-state index contributed by atoms with van der Waals surface area (Å²) in [6.07, 6.45) is 5.97. The van der Waals surface area contributed by atoms with Crippen LogP contribution in [0.25, 0.3) is 11.0 Å². The van der Waals surface area contributed by atoms with Crippen LogP contribution >= 0.6 is 15.9 Å². The molecule has 0 unspecified atom stereocenters. The summed E-state index contributed by atoms with van der Waals surface area (Å²) < 4.78 is 32.0. The van der Waals surface area contributed by atoms with E-state index in [1.54, 1.807) is 37.5 Å². The molecule has 3 aliphatic carbocycles. The quantitative estimate of drug-likeness (QED) is 0.0642. The fourth-order valence-electron chi connectivity index (χ4n) is 6.58. The van der Waals surface area contributed by atoms with E-state index >= 15 is 0 Å². The summed E-state index contributed by atoms with van der Waals surface area (Å²) in [6.45, 7) is 12.2. The van der Waals surface area contributed by atoms with Crippen molar-refractivity contribution in [2.75, 3.05) is 38.4 Å². The van der Waals surface area contributed by atoms with Gasteiger partial charge in [0.2, 0.25) is 0 Å². The number of hydrogen-bond donors (Lipinski definition) is 3. The molecule has 3 saturated carbocycles. The molecule has 0 bridgehead atoms. The number of furan rings is 1. The Kier molecular flexibility index (Phi) is 17.3. The maximum atomic E-state index is 11.4. The zero-order chi connectivity index (χ0) is 42.3. The van der Waals surface area contributed by atoms with Crippen LogP contribution in [-0.2, 0) is 49.6 Å². The zero-order valence-corrected chi connectivity index (χ0v) is 35.6. The number of rotatable bonds is 18. The number of phenolic OH excluding ortho intramolecular Hbond substituents is 1. The summed E-state index contributed by atoms with van der Waals surface area (Å²) in [7, 11) is 0. The summed E-state index contributed by atoms with van der Waals surface area (Å²) in [5, 5.41) is 29.2. The normalized spacial score (nSPS) is 16.1. The van der Waals surface area contributed by atoms with Gasteiger partial charge in [0.15, 0.2) is 12.6 Å². The Morgan fingerprint density at radius 3 is 1.55 bits per heavy atom. The van der Waals surface area contributed by atoms with Gasteiger partial charge in [-0.25, -0.2) is 0 Å². The number of hydrogen-bond acceptors (Lipinski definition) is 10. The molecule has 3 aromatic carbocycles. The average Bonchev–Trinajstić information content (AvgIpc) is 4.12. The van der Waals surface area contributed by atoms with Crippen molar-refractivity contribution >= 4 is 44.6 Å². The van der Waals surface area contributed by atoms with Crippen molar-refractivity contribution in [3.8, 4) is 11.5 Å². The van der Waals surface area contributed by atoms with E-state index in [1.165, 1.54) is 0 Å². The maximum Gasteiger partial charge on any atom is 0.314 e. The number of carboxylic acid groups (broad SMARTS) is 2. The standard InChI is InChI=1S/C16H22O5.C12H10O3.C11H12O2.C6H13BrO2/c1-3-19-14(20-4-2)11-21-13-7-5-12(6-8-13)16(9-10-16)15(17)18;13-11(14)12(4-5-12)9-1-2-10-8(7-9)3-6-15-10;1-8(12)11(6-7-11)9-2-4-10(13)5-3-9;1-3-8-6(5-7)9-4-2/h5-8,14H,3-4,9-11H2,1-2H3,(H,17,18);1-3,6-7H,4-5H2,(H,13,14);2-5,13H,6-7H2,1H3;6H,3-5H2,1-2H3. The molecule has 0 amide bonds. The van der Waals surface area contributed by atoms with Crippen LogP contribution in [0.1, 0.15) is 89.8 Å². The van der Waals surface area contributed by atoms with Crippen molar-refractivity contribution < 1.29 is 57.8 Å². The molecule has 1 heterocycles. The van der Waals surface area contributed by atoms with Gasteiger partial charge >= 0.3 is 11.9 Å². The molecule has 3 N–H and O–H groups in total. The number of alkyl halides is 1. The number of carbonyl (C=O) groups is 3. The number of fused-ring (bicyclic) bond motifs is 1. The zero-order valence-electron chi connectivity index (χ0n) is 34.0. The highest BCUT2D eigenvalue weighted by atomic mass is 79.9. The van der Waals surface area contributed by atoms with Crippen molar-refractivity contribution in [3.05, 3.63) is 95.7 Å². The number of halogens is 1. The minimum atomic E-state index is -0.746. The van der Waals surface area contributed by atoms with E-state index < -0.39 is 22.8 Å². The first-order valence-corrected chi connectivity index (χ1v) is 21.0. The van der Waals surface area contributed by atoms with E-state index in [9.17, 15) is 19.5 Å². The Balaban J connectivity index is 0.000000179. The highest BCUT2D eigenvalue weighted by molar-refractivity contribution is 9.09. The van der Waals surface area contributed by atoms with Crippen LogP contribution in [-0.4, -0.2) is 84.0 Å². The summed E-state index contributed by atoms with van der Waals surface area (Å²) >= 11 is 3.27. The average molecular weight is 870 g/mol. The third-order valence-electron chi connectivity index (χ3n) is 10.5. The molecule has 0 aliphatic heterocycles. The fraction of sp³-hybridized carbons (Fsp3) is 0.489. The SMILES string of the molecule is CC(=O)C1(c2ccc(O)cc2)CC1.CCOC(CBr)OCC.CCOC(COc1ccc(C2(C(=O)O)CC2)cc1)OCC.O=C(O)C1(c2ccc3occc3c2)CC1. The molecule has 7 rings (SSSR count).